The number of benzene rings is 1. The molecule has 2 N–H and O–H groups in total. The molecular weight excluding hydrogens is 249 g/mol. The van der Waals surface area contributed by atoms with Gasteiger partial charge in [0.2, 0.25) is 0 Å². The van der Waals surface area contributed by atoms with Gasteiger partial charge in [-0.1, -0.05) is 11.6 Å². The molecule has 0 aliphatic carbocycles. The minimum absolute atomic E-state index is 0.237. The van der Waals surface area contributed by atoms with Crippen molar-refractivity contribution in [2.45, 2.75) is 18.6 Å². The van der Waals surface area contributed by atoms with Gasteiger partial charge < -0.3 is 10.2 Å². The van der Waals surface area contributed by atoms with E-state index in [0.29, 0.717) is 16.1 Å². The maximum atomic E-state index is 9.84. The molecule has 0 aliphatic heterocycles. The largest absolute Gasteiger partial charge is 0.390 e. The standard InChI is InChI=1S/C11H11Cl2NO2/c12-4-3-10(15)11(16)9-5-8(13)2-1-7(9)6-14/h1-2,5,10-11,15-16H,3-4H2. The van der Waals surface area contributed by atoms with E-state index in [-0.39, 0.29) is 12.3 Å². The van der Waals surface area contributed by atoms with E-state index in [1.807, 2.05) is 6.07 Å². The fourth-order valence-electron chi connectivity index (χ4n) is 1.36. The van der Waals surface area contributed by atoms with Crippen molar-refractivity contribution in [1.82, 2.24) is 0 Å². The van der Waals surface area contributed by atoms with E-state index in [1.165, 1.54) is 12.1 Å². The zero-order chi connectivity index (χ0) is 12.1. The molecule has 0 saturated carbocycles. The molecule has 5 heteroatoms. The number of hydrogen-bond acceptors (Lipinski definition) is 3. The average molecular weight is 260 g/mol. The van der Waals surface area contributed by atoms with Crippen molar-refractivity contribution in [3.05, 3.63) is 34.3 Å². The van der Waals surface area contributed by atoms with E-state index in [1.54, 1.807) is 6.07 Å². The summed E-state index contributed by atoms with van der Waals surface area (Å²) in [7, 11) is 0. The lowest BCUT2D eigenvalue weighted by Crippen LogP contribution is -2.19. The Morgan fingerprint density at radius 3 is 2.62 bits per heavy atom. The number of halogens is 2. The zero-order valence-corrected chi connectivity index (χ0v) is 9.91. The van der Waals surface area contributed by atoms with Gasteiger partial charge in [0.25, 0.3) is 0 Å². The van der Waals surface area contributed by atoms with Gasteiger partial charge in [-0.05, 0) is 24.6 Å². The molecule has 0 heterocycles. The van der Waals surface area contributed by atoms with E-state index in [4.69, 9.17) is 28.5 Å². The van der Waals surface area contributed by atoms with Crippen molar-refractivity contribution < 1.29 is 10.2 Å². The van der Waals surface area contributed by atoms with Crippen LogP contribution < -0.4 is 0 Å². The van der Waals surface area contributed by atoms with E-state index in [2.05, 4.69) is 0 Å². The number of alkyl halides is 1. The molecule has 0 saturated heterocycles. The quantitative estimate of drug-likeness (QED) is 0.816. The maximum Gasteiger partial charge on any atom is 0.106 e. The normalized spacial score (nSPS) is 14.2. The SMILES string of the molecule is N#Cc1ccc(Cl)cc1C(O)C(O)CCCl. The molecule has 1 aromatic carbocycles. The van der Waals surface area contributed by atoms with E-state index < -0.39 is 12.2 Å². The smallest absolute Gasteiger partial charge is 0.106 e. The summed E-state index contributed by atoms with van der Waals surface area (Å²) in [6.45, 7) is 0. The van der Waals surface area contributed by atoms with Crippen LogP contribution in [0.15, 0.2) is 18.2 Å². The second kappa shape index (κ2) is 6.07. The lowest BCUT2D eigenvalue weighted by atomic mass is 9.98. The zero-order valence-electron chi connectivity index (χ0n) is 8.40. The highest BCUT2D eigenvalue weighted by atomic mass is 35.5. The Morgan fingerprint density at radius 1 is 1.38 bits per heavy atom. The van der Waals surface area contributed by atoms with Gasteiger partial charge in [0, 0.05) is 16.5 Å². The van der Waals surface area contributed by atoms with Gasteiger partial charge in [-0.15, -0.1) is 11.6 Å². The molecule has 0 aromatic heterocycles. The molecule has 2 atom stereocenters. The summed E-state index contributed by atoms with van der Waals surface area (Å²) in [5.74, 6) is 0.237. The molecule has 2 unspecified atom stereocenters. The molecule has 0 aliphatic rings. The third-order valence-electron chi connectivity index (χ3n) is 2.22. The van der Waals surface area contributed by atoms with Crippen molar-refractivity contribution >= 4 is 23.2 Å². The van der Waals surface area contributed by atoms with Gasteiger partial charge in [-0.25, -0.2) is 0 Å². The first-order valence-corrected chi connectivity index (χ1v) is 5.63. The molecule has 0 spiro atoms. The van der Waals surface area contributed by atoms with Crippen molar-refractivity contribution in [1.29, 1.82) is 5.26 Å². The van der Waals surface area contributed by atoms with Crippen LogP contribution in [0.3, 0.4) is 0 Å². The number of aliphatic hydroxyl groups excluding tert-OH is 2. The third-order valence-corrected chi connectivity index (χ3v) is 2.68. The van der Waals surface area contributed by atoms with Crippen molar-refractivity contribution in [3.63, 3.8) is 0 Å². The number of nitrogens with zero attached hydrogens (tertiary/aromatic N) is 1. The fourth-order valence-corrected chi connectivity index (χ4v) is 1.76. The molecule has 0 bridgehead atoms. The van der Waals surface area contributed by atoms with Gasteiger partial charge in [0.05, 0.1) is 17.7 Å². The first kappa shape index (κ1) is 13.3. The van der Waals surface area contributed by atoms with E-state index >= 15 is 0 Å². The first-order chi connectivity index (χ1) is 7.60. The maximum absolute atomic E-state index is 9.84. The summed E-state index contributed by atoms with van der Waals surface area (Å²) in [6, 6.07) is 6.48. The molecule has 0 amide bonds. The Balaban J connectivity index is 3.02. The second-order valence-electron chi connectivity index (χ2n) is 3.33. The summed E-state index contributed by atoms with van der Waals surface area (Å²) in [6.07, 6.45) is -1.89. The lowest BCUT2D eigenvalue weighted by molar-refractivity contribution is 0.0168. The van der Waals surface area contributed by atoms with Gasteiger partial charge >= 0.3 is 0 Å². The molecule has 3 nitrogen and oxygen atoms in total. The van der Waals surface area contributed by atoms with E-state index in [9.17, 15) is 10.2 Å². The molecule has 0 radical (unpaired) electrons. The Kier molecular flexibility index (Phi) is 5.04. The molecule has 16 heavy (non-hydrogen) atoms. The average Bonchev–Trinajstić information content (AvgIpc) is 2.28. The molecule has 0 fully saturated rings. The van der Waals surface area contributed by atoms with Crippen LogP contribution in [-0.2, 0) is 0 Å². The summed E-state index contributed by atoms with van der Waals surface area (Å²) in [4.78, 5) is 0. The highest BCUT2D eigenvalue weighted by Crippen LogP contribution is 2.25. The molecular formula is C11H11Cl2NO2. The predicted octanol–water partition coefficient (Wildman–Crippen LogP) is 2.23. The van der Waals surface area contributed by atoms with Crippen LogP contribution in [0.4, 0.5) is 0 Å². The van der Waals surface area contributed by atoms with E-state index in [0.717, 1.165) is 0 Å². The van der Waals surface area contributed by atoms with Crippen LogP contribution in [0.1, 0.15) is 23.7 Å². The van der Waals surface area contributed by atoms with Gasteiger partial charge in [-0.2, -0.15) is 5.26 Å². The Labute approximate surface area is 104 Å². The number of hydrogen-bond donors (Lipinski definition) is 2. The number of aliphatic hydroxyl groups is 2. The van der Waals surface area contributed by atoms with Crippen LogP contribution in [0, 0.1) is 11.3 Å². The Bertz CT molecular complexity index is 403. The highest BCUT2D eigenvalue weighted by molar-refractivity contribution is 6.30. The third kappa shape index (κ3) is 3.10. The minimum Gasteiger partial charge on any atom is -0.390 e. The molecule has 86 valence electrons. The summed E-state index contributed by atoms with van der Waals surface area (Å²) in [5, 5.41) is 28.7. The van der Waals surface area contributed by atoms with Crippen molar-refractivity contribution in [3.8, 4) is 6.07 Å². The number of rotatable bonds is 4. The summed E-state index contributed by atoms with van der Waals surface area (Å²) >= 11 is 11.2. The lowest BCUT2D eigenvalue weighted by Gasteiger charge is -2.18. The van der Waals surface area contributed by atoms with Crippen LogP contribution >= 0.6 is 23.2 Å². The highest BCUT2D eigenvalue weighted by Gasteiger charge is 2.20. The Morgan fingerprint density at radius 2 is 2.06 bits per heavy atom. The van der Waals surface area contributed by atoms with Gasteiger partial charge in [0.15, 0.2) is 0 Å². The monoisotopic (exact) mass is 259 g/mol. The Hall–Kier alpha value is -0.790. The molecule has 1 aromatic rings. The minimum atomic E-state index is -1.15. The van der Waals surface area contributed by atoms with Crippen molar-refractivity contribution in [2.75, 3.05) is 5.88 Å². The van der Waals surface area contributed by atoms with Gasteiger partial charge in [-0.3, -0.25) is 0 Å². The topological polar surface area (TPSA) is 64.2 Å². The van der Waals surface area contributed by atoms with Crippen LogP contribution in [0.5, 0.6) is 0 Å². The fraction of sp³-hybridized carbons (Fsp3) is 0.364. The first-order valence-electron chi connectivity index (χ1n) is 4.71. The number of nitriles is 1. The second-order valence-corrected chi connectivity index (χ2v) is 4.15. The van der Waals surface area contributed by atoms with Crippen molar-refractivity contribution in [2.24, 2.45) is 0 Å². The van der Waals surface area contributed by atoms with Crippen LogP contribution in [0.25, 0.3) is 0 Å². The summed E-state index contributed by atoms with van der Waals surface area (Å²) in [5.41, 5.74) is 0.623. The molecule has 1 rings (SSSR count). The van der Waals surface area contributed by atoms with Gasteiger partial charge in [0.1, 0.15) is 6.10 Å². The van der Waals surface area contributed by atoms with Crippen LogP contribution in [0.2, 0.25) is 5.02 Å². The predicted molar refractivity (Wildman–Crippen MR) is 62.5 cm³/mol. The van der Waals surface area contributed by atoms with Crippen LogP contribution in [-0.4, -0.2) is 22.2 Å². The summed E-state index contributed by atoms with van der Waals surface area (Å²) < 4.78 is 0.